The zero-order valence-corrected chi connectivity index (χ0v) is 25.4. The lowest BCUT2D eigenvalue weighted by atomic mass is 9.89. The van der Waals surface area contributed by atoms with Crippen LogP contribution in [0.1, 0.15) is 83.4 Å². The third kappa shape index (κ3) is 5.79. The fraction of sp³-hybridized carbons (Fsp3) is 0.371. The summed E-state index contributed by atoms with van der Waals surface area (Å²) in [5.74, 6) is -0.188. The van der Waals surface area contributed by atoms with Gasteiger partial charge < -0.3 is 9.47 Å². The molecule has 0 saturated heterocycles. The molecule has 0 bridgehead atoms. The van der Waals surface area contributed by atoms with Crippen molar-refractivity contribution in [1.82, 2.24) is 9.78 Å². The van der Waals surface area contributed by atoms with Crippen LogP contribution in [0.3, 0.4) is 0 Å². The number of rotatable bonds is 9. The Kier molecular flexibility index (Phi) is 8.41. The molecule has 0 radical (unpaired) electrons. The maximum Gasteiger partial charge on any atom is 0.313 e. The van der Waals surface area contributed by atoms with Gasteiger partial charge in [0.1, 0.15) is 18.3 Å². The second kappa shape index (κ2) is 12.0. The fourth-order valence-corrected chi connectivity index (χ4v) is 6.15. The first-order valence-electron chi connectivity index (χ1n) is 14.6. The lowest BCUT2D eigenvalue weighted by molar-refractivity contribution is -0.758. The third-order valence-electron chi connectivity index (χ3n) is 8.14. The van der Waals surface area contributed by atoms with E-state index in [4.69, 9.17) is 14.6 Å². The van der Waals surface area contributed by atoms with Crippen molar-refractivity contribution in [3.05, 3.63) is 112 Å². The minimum Gasteiger partial charge on any atom is -0.466 e. The molecule has 1 aliphatic heterocycles. The minimum atomic E-state index is -0.737. The highest BCUT2D eigenvalue weighted by Gasteiger charge is 2.48. The van der Waals surface area contributed by atoms with Crippen LogP contribution in [0.4, 0.5) is 0 Å². The predicted octanol–water partition coefficient (Wildman–Crippen LogP) is 6.10. The highest BCUT2D eigenvalue weighted by molar-refractivity contribution is 5.96. The molecular weight excluding hydrogens is 526 g/mol. The lowest BCUT2D eigenvalue weighted by Gasteiger charge is -2.36. The average molecular weight is 567 g/mol. The van der Waals surface area contributed by atoms with Crippen LogP contribution in [0, 0.1) is 20.8 Å². The summed E-state index contributed by atoms with van der Waals surface area (Å²) in [5.41, 5.74) is 5.37. The number of ketones is 1. The van der Waals surface area contributed by atoms with Gasteiger partial charge in [0.25, 0.3) is 0 Å². The van der Waals surface area contributed by atoms with E-state index in [-0.39, 0.29) is 31.5 Å². The van der Waals surface area contributed by atoms with Gasteiger partial charge in [-0.1, -0.05) is 83.0 Å². The van der Waals surface area contributed by atoms with Crippen LogP contribution in [-0.2, 0) is 27.3 Å². The number of nitrogens with zero attached hydrogens (tertiary/aromatic N) is 3. The second-order valence-electron chi connectivity index (χ2n) is 11.7. The van der Waals surface area contributed by atoms with E-state index in [1.165, 1.54) is 0 Å². The molecule has 0 N–H and O–H groups in total. The number of esters is 1. The first kappa shape index (κ1) is 29.4. The van der Waals surface area contributed by atoms with Gasteiger partial charge >= 0.3 is 17.6 Å². The zero-order chi connectivity index (χ0) is 30.0. The molecule has 218 valence electrons. The molecule has 7 heteroatoms. The summed E-state index contributed by atoms with van der Waals surface area (Å²) in [5, 5.41) is 5.03. The number of aromatic nitrogens is 3. The van der Waals surface area contributed by atoms with E-state index < -0.39 is 17.5 Å². The van der Waals surface area contributed by atoms with Crippen molar-refractivity contribution in [3.63, 3.8) is 0 Å². The highest BCUT2D eigenvalue weighted by atomic mass is 16.5. The molecule has 0 aliphatic carbocycles. The van der Waals surface area contributed by atoms with E-state index in [9.17, 15) is 9.59 Å². The van der Waals surface area contributed by atoms with Gasteiger partial charge in [0.05, 0.1) is 18.1 Å². The fourth-order valence-electron chi connectivity index (χ4n) is 6.15. The van der Waals surface area contributed by atoms with Gasteiger partial charge in [-0.2, -0.15) is 0 Å². The van der Waals surface area contributed by atoms with Crippen LogP contribution >= 0.6 is 0 Å². The van der Waals surface area contributed by atoms with Crippen LogP contribution in [0.5, 0.6) is 0 Å². The number of hydrogen-bond donors (Lipinski definition) is 0. The van der Waals surface area contributed by atoms with Gasteiger partial charge in [-0.25, -0.2) is 4.57 Å². The van der Waals surface area contributed by atoms with Crippen molar-refractivity contribution < 1.29 is 23.6 Å². The Morgan fingerprint density at radius 1 is 1.02 bits per heavy atom. The van der Waals surface area contributed by atoms with Crippen LogP contribution in [0.2, 0.25) is 0 Å². The number of aryl methyl sites for hydroxylation is 3. The van der Waals surface area contributed by atoms with Crippen molar-refractivity contribution in [1.29, 1.82) is 0 Å². The molecule has 0 unspecified atom stereocenters. The molecule has 0 fully saturated rings. The molecule has 2 heterocycles. The molecule has 1 aromatic heterocycles. The smallest absolute Gasteiger partial charge is 0.313 e. The zero-order valence-electron chi connectivity index (χ0n) is 25.4. The van der Waals surface area contributed by atoms with Gasteiger partial charge in [0.15, 0.2) is 0 Å². The molecule has 0 spiro atoms. The van der Waals surface area contributed by atoms with Crippen molar-refractivity contribution >= 4 is 11.8 Å². The number of carbonyl (C=O) groups is 2. The SMILES string of the molecule is CCOC(=O)[C@@H](CC(=O)c1n(-c2c(C)cc(C)cc2C)nc2[n+]1[C@@H](Cc1ccccc1)C(C)(C)OC2)c1ccccc1. The topological polar surface area (TPSA) is 74.3 Å². The summed E-state index contributed by atoms with van der Waals surface area (Å²) in [6.07, 6.45) is 0.612. The summed E-state index contributed by atoms with van der Waals surface area (Å²) in [4.78, 5) is 27.9. The first-order valence-corrected chi connectivity index (χ1v) is 14.6. The lowest BCUT2D eigenvalue weighted by Crippen LogP contribution is -2.60. The minimum absolute atomic E-state index is 0.0444. The number of fused-ring (bicyclic) bond motifs is 1. The van der Waals surface area contributed by atoms with E-state index in [0.717, 1.165) is 33.5 Å². The first-order chi connectivity index (χ1) is 20.1. The molecular formula is C35H40N3O4+. The number of hydrogen-bond acceptors (Lipinski definition) is 5. The summed E-state index contributed by atoms with van der Waals surface area (Å²) >= 11 is 0. The van der Waals surface area contributed by atoms with Gasteiger partial charge in [-0.05, 0) is 63.8 Å². The van der Waals surface area contributed by atoms with Gasteiger partial charge in [-0.15, -0.1) is 0 Å². The largest absolute Gasteiger partial charge is 0.466 e. The number of benzene rings is 3. The summed E-state index contributed by atoms with van der Waals surface area (Å²) < 4.78 is 15.7. The van der Waals surface area contributed by atoms with E-state index in [1.807, 2.05) is 62.4 Å². The Morgan fingerprint density at radius 3 is 2.26 bits per heavy atom. The quantitative estimate of drug-likeness (QED) is 0.139. The van der Waals surface area contributed by atoms with E-state index in [2.05, 4.69) is 49.6 Å². The monoisotopic (exact) mass is 566 g/mol. The third-order valence-corrected chi connectivity index (χ3v) is 8.14. The van der Waals surface area contributed by atoms with E-state index in [0.29, 0.717) is 18.1 Å². The van der Waals surface area contributed by atoms with Crippen molar-refractivity contribution in [2.45, 2.75) is 78.6 Å². The molecule has 5 rings (SSSR count). The molecule has 4 aromatic rings. The maximum absolute atomic E-state index is 14.6. The van der Waals surface area contributed by atoms with E-state index >= 15 is 0 Å². The van der Waals surface area contributed by atoms with Crippen molar-refractivity contribution in [2.75, 3.05) is 6.61 Å². The number of Topliss-reactive ketones (excluding diaryl/α,β-unsaturated/α-hetero) is 1. The van der Waals surface area contributed by atoms with Crippen LogP contribution < -0.4 is 4.57 Å². The maximum atomic E-state index is 14.6. The molecule has 2 atom stereocenters. The highest BCUT2D eigenvalue weighted by Crippen LogP contribution is 2.34. The van der Waals surface area contributed by atoms with Gasteiger partial charge in [0.2, 0.25) is 5.78 Å². The predicted molar refractivity (Wildman–Crippen MR) is 161 cm³/mol. The Bertz CT molecular complexity index is 1570. The van der Waals surface area contributed by atoms with Crippen LogP contribution in [0.25, 0.3) is 5.69 Å². The van der Waals surface area contributed by atoms with Gasteiger partial charge in [-0.3, -0.25) is 9.59 Å². The summed E-state index contributed by atoms with van der Waals surface area (Å²) in [7, 11) is 0. The van der Waals surface area contributed by atoms with E-state index in [1.54, 1.807) is 11.6 Å². The van der Waals surface area contributed by atoms with Crippen LogP contribution in [0.15, 0.2) is 72.8 Å². The summed E-state index contributed by atoms with van der Waals surface area (Å²) in [6.45, 7) is 12.6. The average Bonchev–Trinajstić information content (AvgIpc) is 3.33. The molecule has 7 nitrogen and oxygen atoms in total. The molecule has 3 aromatic carbocycles. The van der Waals surface area contributed by atoms with Crippen LogP contribution in [-0.4, -0.2) is 33.7 Å². The molecule has 0 amide bonds. The Labute approximate surface area is 248 Å². The molecule has 1 aliphatic rings. The Balaban J connectivity index is 1.70. The van der Waals surface area contributed by atoms with Crippen molar-refractivity contribution in [3.8, 4) is 5.69 Å². The standard InChI is InChI=1S/C35H40N3O4/c1-7-41-34(40)28(27-16-12-9-13-17-27)21-29(39)33-37-30(20-26-14-10-8-11-15-26)35(5,6)42-22-31(37)36-38(33)32-24(3)18-23(2)19-25(32)4/h8-19,28,30H,7,20-22H2,1-6H3/q+1/t28-,30-/m0/s1. The Hall–Kier alpha value is -4.10. The number of ether oxygens (including phenoxy) is 2. The summed E-state index contributed by atoms with van der Waals surface area (Å²) in [6, 6.07) is 23.6. The van der Waals surface area contributed by atoms with Gasteiger partial charge in [0, 0.05) is 17.9 Å². The molecule has 0 saturated carbocycles. The van der Waals surface area contributed by atoms with Crippen molar-refractivity contribution in [2.24, 2.45) is 0 Å². The number of carbonyl (C=O) groups excluding carboxylic acids is 2. The molecule has 42 heavy (non-hydrogen) atoms. The normalized spacial score (nSPS) is 16.5. The second-order valence-corrected chi connectivity index (χ2v) is 11.7. The Morgan fingerprint density at radius 2 is 1.64 bits per heavy atom.